The highest BCUT2D eigenvalue weighted by atomic mass is 32.2. The second-order valence-electron chi connectivity index (χ2n) is 11.0. The average Bonchev–Trinajstić information content (AvgIpc) is 3.50. The van der Waals surface area contributed by atoms with Crippen LogP contribution in [0.3, 0.4) is 0 Å². The molecule has 0 amide bonds. The Hall–Kier alpha value is -4.41. The second-order valence-corrected chi connectivity index (χ2v) is 13.6. The Kier molecular flexibility index (Phi) is 9.61. The fraction of sp³-hybridized carbons (Fsp3) is 0.167. The zero-order valence-electron chi connectivity index (χ0n) is 24.6. The van der Waals surface area contributed by atoms with Crippen molar-refractivity contribution in [1.29, 1.82) is 0 Å². The summed E-state index contributed by atoms with van der Waals surface area (Å²) in [5.41, 5.74) is 5.62. The molecule has 0 unspecified atom stereocenters. The van der Waals surface area contributed by atoms with E-state index in [4.69, 9.17) is 4.98 Å². The highest BCUT2D eigenvalue weighted by Crippen LogP contribution is 2.22. The third-order valence-corrected chi connectivity index (χ3v) is 9.89. The van der Waals surface area contributed by atoms with E-state index in [-0.39, 0.29) is 4.90 Å². The fourth-order valence-electron chi connectivity index (χ4n) is 5.15. The lowest BCUT2D eigenvalue weighted by molar-refractivity contribution is 0.174. The van der Waals surface area contributed by atoms with E-state index in [2.05, 4.69) is 56.8 Å². The minimum absolute atomic E-state index is 0.211. The van der Waals surface area contributed by atoms with Gasteiger partial charge in [0.1, 0.15) is 0 Å². The third-order valence-electron chi connectivity index (χ3n) is 7.59. The van der Waals surface area contributed by atoms with Crippen LogP contribution in [-0.4, -0.2) is 36.6 Å². The van der Waals surface area contributed by atoms with Gasteiger partial charge in [0, 0.05) is 48.4 Å². The summed E-state index contributed by atoms with van der Waals surface area (Å²) >= 11 is 1.63. The maximum atomic E-state index is 13.0. The van der Waals surface area contributed by atoms with Crippen LogP contribution >= 0.6 is 11.3 Å². The fourth-order valence-corrected chi connectivity index (χ4v) is 7.03. The molecule has 2 heterocycles. The van der Waals surface area contributed by atoms with Gasteiger partial charge in [-0.25, -0.2) is 13.4 Å². The van der Waals surface area contributed by atoms with Gasteiger partial charge >= 0.3 is 0 Å². The van der Waals surface area contributed by atoms with Crippen LogP contribution in [0.4, 0.5) is 5.69 Å². The summed E-state index contributed by atoms with van der Waals surface area (Å²) in [4.78, 5) is 9.07. The van der Waals surface area contributed by atoms with E-state index in [9.17, 15) is 13.5 Å². The zero-order valence-corrected chi connectivity index (χ0v) is 26.3. The molecular formula is C36H34N4O3S2. The summed E-state index contributed by atoms with van der Waals surface area (Å²) < 4.78 is 28.8. The van der Waals surface area contributed by atoms with E-state index in [0.29, 0.717) is 25.2 Å². The van der Waals surface area contributed by atoms with Gasteiger partial charge in [-0.05, 0) is 70.8 Å². The van der Waals surface area contributed by atoms with Crippen molar-refractivity contribution < 1.29 is 13.5 Å². The molecule has 0 bridgehead atoms. The number of fused-ring (bicyclic) bond motifs is 1. The topological polar surface area (TPSA) is 104 Å². The van der Waals surface area contributed by atoms with Crippen molar-refractivity contribution in [2.45, 2.75) is 30.3 Å². The highest BCUT2D eigenvalue weighted by Gasteiger charge is 2.15. The van der Waals surface area contributed by atoms with E-state index >= 15 is 0 Å². The molecule has 228 valence electrons. The summed E-state index contributed by atoms with van der Waals surface area (Å²) in [5.74, 6) is 0. The Morgan fingerprint density at radius 3 is 2.33 bits per heavy atom. The molecule has 6 rings (SSSR count). The Morgan fingerprint density at radius 1 is 0.800 bits per heavy atom. The number of hydrogen-bond acceptors (Lipinski definition) is 7. The van der Waals surface area contributed by atoms with Gasteiger partial charge in [-0.3, -0.25) is 9.71 Å². The van der Waals surface area contributed by atoms with E-state index < -0.39 is 16.1 Å². The smallest absolute Gasteiger partial charge is 0.261 e. The van der Waals surface area contributed by atoms with Gasteiger partial charge in [0.2, 0.25) is 0 Å². The molecule has 0 aliphatic carbocycles. The molecule has 0 aliphatic heterocycles. The quantitative estimate of drug-likeness (QED) is 0.125. The van der Waals surface area contributed by atoms with Gasteiger partial charge in [0.25, 0.3) is 10.0 Å². The second kappa shape index (κ2) is 14.1. The number of sulfonamides is 1. The van der Waals surface area contributed by atoms with E-state index in [1.165, 1.54) is 16.3 Å². The van der Waals surface area contributed by atoms with Gasteiger partial charge in [-0.2, -0.15) is 0 Å². The molecule has 3 N–H and O–H groups in total. The van der Waals surface area contributed by atoms with E-state index in [1.807, 2.05) is 36.4 Å². The lowest BCUT2D eigenvalue weighted by atomic mass is 10.0. The molecule has 45 heavy (non-hydrogen) atoms. The van der Waals surface area contributed by atoms with Crippen LogP contribution in [0.1, 0.15) is 39.1 Å². The number of nitrogens with one attached hydrogen (secondary N) is 2. The van der Waals surface area contributed by atoms with Crippen LogP contribution in [-0.2, 0) is 29.3 Å². The van der Waals surface area contributed by atoms with Crippen molar-refractivity contribution in [3.8, 4) is 0 Å². The lowest BCUT2D eigenvalue weighted by Gasteiger charge is -2.12. The first kappa shape index (κ1) is 30.6. The summed E-state index contributed by atoms with van der Waals surface area (Å²) in [7, 11) is -3.73. The standard InChI is InChI=1S/C36H34N4O3S2/c41-35(31-6-3-18-37-23-31)24-38-19-17-26-8-13-32(14-9-26)40-45(42,43)34-15-10-27(11-16-34)22-36-39-33(25-44-36)21-28-7-12-29-4-1-2-5-30(29)20-28/h1-16,18,20,23,25,35,38,40-41H,17,19,21-22,24H2/t35-/m0/s1. The van der Waals surface area contributed by atoms with Gasteiger partial charge in [-0.15, -0.1) is 11.3 Å². The maximum absolute atomic E-state index is 13.0. The Morgan fingerprint density at radius 2 is 1.56 bits per heavy atom. The zero-order chi connectivity index (χ0) is 31.1. The number of aliphatic hydroxyl groups is 1. The number of hydrogen-bond donors (Lipinski definition) is 3. The van der Waals surface area contributed by atoms with E-state index in [0.717, 1.165) is 40.2 Å². The van der Waals surface area contributed by atoms with Gasteiger partial charge in [0.15, 0.2) is 0 Å². The summed E-state index contributed by atoms with van der Waals surface area (Å²) in [6.07, 6.45) is 4.90. The van der Waals surface area contributed by atoms with Crippen molar-refractivity contribution in [3.05, 3.63) is 154 Å². The van der Waals surface area contributed by atoms with Crippen LogP contribution < -0.4 is 10.0 Å². The van der Waals surface area contributed by atoms with Crippen LogP contribution in [0.25, 0.3) is 10.8 Å². The van der Waals surface area contributed by atoms with Crippen LogP contribution in [0, 0.1) is 0 Å². The molecule has 0 fully saturated rings. The molecule has 2 aromatic heterocycles. The van der Waals surface area contributed by atoms with Gasteiger partial charge in [0.05, 0.1) is 21.7 Å². The molecule has 1 atom stereocenters. The number of aliphatic hydroxyl groups excluding tert-OH is 1. The normalized spacial score (nSPS) is 12.3. The molecule has 0 saturated heterocycles. The molecule has 0 radical (unpaired) electrons. The Bertz CT molecular complexity index is 1960. The summed E-state index contributed by atoms with van der Waals surface area (Å²) in [6.45, 7) is 1.11. The molecule has 0 saturated carbocycles. The number of benzene rings is 4. The lowest BCUT2D eigenvalue weighted by Crippen LogP contribution is -2.23. The monoisotopic (exact) mass is 634 g/mol. The van der Waals surface area contributed by atoms with E-state index in [1.54, 1.807) is 54.1 Å². The number of anilines is 1. The molecule has 4 aromatic carbocycles. The minimum atomic E-state index is -3.73. The first-order valence-electron chi connectivity index (χ1n) is 14.8. The van der Waals surface area contributed by atoms with Crippen molar-refractivity contribution in [1.82, 2.24) is 15.3 Å². The van der Waals surface area contributed by atoms with Crippen molar-refractivity contribution >= 4 is 37.8 Å². The van der Waals surface area contributed by atoms with Crippen molar-refractivity contribution in [2.75, 3.05) is 17.8 Å². The molecule has 0 spiro atoms. The molecule has 0 aliphatic rings. The molecule has 6 aromatic rings. The van der Waals surface area contributed by atoms with Gasteiger partial charge in [-0.1, -0.05) is 72.8 Å². The number of thiazole rings is 1. The molecule has 9 heteroatoms. The minimum Gasteiger partial charge on any atom is -0.387 e. The Labute approximate surface area is 267 Å². The summed E-state index contributed by atoms with van der Waals surface area (Å²) in [6, 6.07) is 32.8. The number of aromatic nitrogens is 2. The van der Waals surface area contributed by atoms with Gasteiger partial charge < -0.3 is 10.4 Å². The number of pyridine rings is 1. The third kappa shape index (κ3) is 8.20. The predicted molar refractivity (Wildman–Crippen MR) is 181 cm³/mol. The summed E-state index contributed by atoms with van der Waals surface area (Å²) in [5, 5.41) is 19.0. The SMILES string of the molecule is O=S(=O)(Nc1ccc(CCNC[C@H](O)c2cccnc2)cc1)c1ccc(Cc2nc(Cc3ccc4ccccc4c3)cs2)cc1. The van der Waals surface area contributed by atoms with Crippen LogP contribution in [0.2, 0.25) is 0 Å². The molecule has 7 nitrogen and oxygen atoms in total. The van der Waals surface area contributed by atoms with Crippen molar-refractivity contribution in [3.63, 3.8) is 0 Å². The first-order valence-corrected chi connectivity index (χ1v) is 17.2. The Balaban J connectivity index is 0.985. The van der Waals surface area contributed by atoms with Crippen molar-refractivity contribution in [2.24, 2.45) is 0 Å². The predicted octanol–water partition coefficient (Wildman–Crippen LogP) is 6.54. The highest BCUT2D eigenvalue weighted by molar-refractivity contribution is 7.92. The van der Waals surface area contributed by atoms with Crippen LogP contribution in [0.5, 0.6) is 0 Å². The number of nitrogens with zero attached hydrogens (tertiary/aromatic N) is 2. The first-order chi connectivity index (χ1) is 21.9. The largest absolute Gasteiger partial charge is 0.387 e. The number of rotatable bonds is 13. The average molecular weight is 635 g/mol. The molecular weight excluding hydrogens is 601 g/mol. The van der Waals surface area contributed by atoms with Crippen LogP contribution in [0.15, 0.2) is 126 Å². The maximum Gasteiger partial charge on any atom is 0.261 e.